The molecule has 0 radical (unpaired) electrons. The summed E-state index contributed by atoms with van der Waals surface area (Å²) in [5.41, 5.74) is -1.21. The summed E-state index contributed by atoms with van der Waals surface area (Å²) in [6, 6.07) is 0. The zero-order chi connectivity index (χ0) is 23.3. The number of aliphatic hydroxyl groups is 1. The number of allylic oxidation sites excluding steroid dienone is 1. The van der Waals surface area contributed by atoms with Crippen molar-refractivity contribution in [3.63, 3.8) is 0 Å². The molecule has 0 aromatic rings. The highest BCUT2D eigenvalue weighted by Gasteiger charge is 2.33. The van der Waals surface area contributed by atoms with E-state index in [9.17, 15) is 14.7 Å². The first-order valence-corrected chi connectivity index (χ1v) is 10.8. The first kappa shape index (κ1) is 26.4. The van der Waals surface area contributed by atoms with Gasteiger partial charge in [-0.1, -0.05) is 6.08 Å². The highest BCUT2D eigenvalue weighted by atomic mass is 16.6. The Labute approximate surface area is 182 Å². The SMILES string of the molecule is CC(C)(C)NC(=O)CC1/C=C/C(OC(=O)NC(C)(C)C)CC(OC(C)(C)C)C(O)C1. The van der Waals surface area contributed by atoms with Crippen LogP contribution in [-0.4, -0.2) is 52.1 Å². The van der Waals surface area contributed by atoms with Gasteiger partial charge in [-0.25, -0.2) is 4.79 Å². The van der Waals surface area contributed by atoms with Gasteiger partial charge in [0.2, 0.25) is 5.91 Å². The molecular formula is C23H42N2O5. The van der Waals surface area contributed by atoms with Gasteiger partial charge in [0.1, 0.15) is 6.10 Å². The molecule has 4 unspecified atom stereocenters. The van der Waals surface area contributed by atoms with Crippen LogP contribution in [0.3, 0.4) is 0 Å². The quantitative estimate of drug-likeness (QED) is 0.596. The van der Waals surface area contributed by atoms with E-state index in [0.717, 1.165) is 0 Å². The molecule has 0 bridgehead atoms. The normalized spacial score (nSPS) is 26.9. The van der Waals surface area contributed by atoms with Crippen molar-refractivity contribution in [3.8, 4) is 0 Å². The van der Waals surface area contributed by atoms with Crippen molar-refractivity contribution >= 4 is 12.0 Å². The minimum Gasteiger partial charge on any atom is -0.442 e. The Bertz CT molecular complexity index is 611. The molecule has 1 aliphatic rings. The van der Waals surface area contributed by atoms with Crippen LogP contribution in [0.25, 0.3) is 0 Å². The fraction of sp³-hybridized carbons (Fsp3) is 0.826. The molecule has 0 heterocycles. The number of hydrogen-bond donors (Lipinski definition) is 3. The Kier molecular flexibility index (Phi) is 8.93. The molecule has 4 atom stereocenters. The van der Waals surface area contributed by atoms with Gasteiger partial charge in [0.25, 0.3) is 0 Å². The topological polar surface area (TPSA) is 96.9 Å². The Morgan fingerprint density at radius 3 is 2.00 bits per heavy atom. The van der Waals surface area contributed by atoms with Crippen LogP contribution in [-0.2, 0) is 14.3 Å². The second kappa shape index (κ2) is 10.1. The first-order chi connectivity index (χ1) is 13.4. The maximum absolute atomic E-state index is 12.4. The second-order valence-corrected chi connectivity index (χ2v) is 11.3. The van der Waals surface area contributed by atoms with Gasteiger partial charge in [-0.15, -0.1) is 0 Å². The fourth-order valence-corrected chi connectivity index (χ4v) is 3.29. The Hall–Kier alpha value is -1.60. The molecule has 0 saturated heterocycles. The van der Waals surface area contributed by atoms with Crippen molar-refractivity contribution < 1.29 is 24.2 Å². The number of carbonyl (C=O) groups is 2. The van der Waals surface area contributed by atoms with Crippen LogP contribution >= 0.6 is 0 Å². The second-order valence-electron chi connectivity index (χ2n) is 11.3. The van der Waals surface area contributed by atoms with Crippen molar-refractivity contribution in [3.05, 3.63) is 12.2 Å². The smallest absolute Gasteiger partial charge is 0.408 e. The molecule has 2 amide bonds. The molecule has 3 N–H and O–H groups in total. The summed E-state index contributed by atoms with van der Waals surface area (Å²) in [4.78, 5) is 24.7. The van der Waals surface area contributed by atoms with E-state index in [4.69, 9.17) is 9.47 Å². The summed E-state index contributed by atoms with van der Waals surface area (Å²) in [5, 5.41) is 16.6. The highest BCUT2D eigenvalue weighted by Crippen LogP contribution is 2.27. The molecule has 0 aliphatic heterocycles. The molecule has 0 saturated carbocycles. The lowest BCUT2D eigenvalue weighted by atomic mass is 9.88. The van der Waals surface area contributed by atoms with Crippen molar-refractivity contribution in [2.75, 3.05) is 0 Å². The number of carbonyl (C=O) groups excluding carboxylic acids is 2. The molecule has 0 fully saturated rings. The third-order valence-electron chi connectivity index (χ3n) is 4.24. The van der Waals surface area contributed by atoms with Gasteiger partial charge in [-0.05, 0) is 80.7 Å². The maximum Gasteiger partial charge on any atom is 0.408 e. The average molecular weight is 427 g/mol. The Balaban J connectivity index is 2.99. The van der Waals surface area contributed by atoms with Gasteiger partial charge in [0.15, 0.2) is 0 Å². The molecule has 174 valence electrons. The summed E-state index contributed by atoms with van der Waals surface area (Å²) in [5.74, 6) is -0.272. The lowest BCUT2D eigenvalue weighted by Gasteiger charge is -2.35. The Morgan fingerprint density at radius 2 is 1.50 bits per heavy atom. The number of hydrogen-bond acceptors (Lipinski definition) is 5. The summed E-state index contributed by atoms with van der Waals surface area (Å²) < 4.78 is 11.7. The van der Waals surface area contributed by atoms with E-state index in [0.29, 0.717) is 12.8 Å². The third kappa shape index (κ3) is 11.6. The number of amides is 2. The zero-order valence-electron chi connectivity index (χ0n) is 20.2. The molecule has 7 nitrogen and oxygen atoms in total. The lowest BCUT2D eigenvalue weighted by Crippen LogP contribution is -2.45. The number of aliphatic hydroxyl groups excluding tert-OH is 1. The molecule has 1 rings (SSSR count). The van der Waals surface area contributed by atoms with Crippen LogP contribution in [0.15, 0.2) is 12.2 Å². The predicted octanol–water partition coefficient (Wildman–Crippen LogP) is 3.70. The van der Waals surface area contributed by atoms with E-state index < -0.39 is 35.5 Å². The number of nitrogens with one attached hydrogen (secondary N) is 2. The van der Waals surface area contributed by atoms with E-state index in [2.05, 4.69) is 10.6 Å². The van der Waals surface area contributed by atoms with E-state index in [1.54, 1.807) is 0 Å². The molecule has 7 heteroatoms. The monoisotopic (exact) mass is 426 g/mol. The molecule has 1 aliphatic carbocycles. The maximum atomic E-state index is 12.4. The summed E-state index contributed by atoms with van der Waals surface area (Å²) in [6.07, 6.45) is 2.27. The molecular weight excluding hydrogens is 384 g/mol. The molecule has 0 aromatic heterocycles. The van der Waals surface area contributed by atoms with Crippen molar-refractivity contribution in [2.45, 2.75) is 117 Å². The van der Waals surface area contributed by atoms with Crippen molar-refractivity contribution in [1.82, 2.24) is 10.6 Å². The van der Waals surface area contributed by atoms with Crippen LogP contribution in [0.5, 0.6) is 0 Å². The van der Waals surface area contributed by atoms with E-state index in [1.165, 1.54) is 0 Å². The zero-order valence-corrected chi connectivity index (χ0v) is 20.2. The van der Waals surface area contributed by atoms with Crippen LogP contribution in [0, 0.1) is 5.92 Å². The molecule has 0 spiro atoms. The van der Waals surface area contributed by atoms with E-state index >= 15 is 0 Å². The van der Waals surface area contributed by atoms with Gasteiger partial charge >= 0.3 is 6.09 Å². The third-order valence-corrected chi connectivity index (χ3v) is 4.24. The van der Waals surface area contributed by atoms with Crippen LogP contribution in [0.4, 0.5) is 4.79 Å². The van der Waals surface area contributed by atoms with Gasteiger partial charge in [-0.2, -0.15) is 0 Å². The van der Waals surface area contributed by atoms with Crippen LogP contribution in [0.1, 0.15) is 81.6 Å². The van der Waals surface area contributed by atoms with Gasteiger partial charge in [0, 0.05) is 23.9 Å². The standard InChI is InChI=1S/C23H42N2O5/c1-21(2,3)24-19(27)13-15-10-11-16(29-20(28)25-22(4,5)6)14-18(17(26)12-15)30-23(7,8)9/h10-11,15-18,26H,12-14H2,1-9H3,(H,24,27)(H,25,28)/b11-10+. The average Bonchev–Trinajstić information content (AvgIpc) is 2.45. The first-order valence-electron chi connectivity index (χ1n) is 10.8. The van der Waals surface area contributed by atoms with Gasteiger partial charge in [0.05, 0.1) is 17.8 Å². The Morgan fingerprint density at radius 1 is 0.933 bits per heavy atom. The van der Waals surface area contributed by atoms with Crippen molar-refractivity contribution in [2.24, 2.45) is 5.92 Å². The molecule has 30 heavy (non-hydrogen) atoms. The lowest BCUT2D eigenvalue weighted by molar-refractivity contribution is -0.130. The number of ether oxygens (including phenoxy) is 2. The summed E-state index contributed by atoms with van der Waals surface area (Å²) >= 11 is 0. The molecule has 0 aromatic carbocycles. The number of rotatable bonds is 4. The van der Waals surface area contributed by atoms with Gasteiger partial charge < -0.3 is 25.2 Å². The van der Waals surface area contributed by atoms with E-state index in [-0.39, 0.29) is 23.8 Å². The summed E-state index contributed by atoms with van der Waals surface area (Å²) in [7, 11) is 0. The van der Waals surface area contributed by atoms with Crippen LogP contribution < -0.4 is 10.6 Å². The van der Waals surface area contributed by atoms with Crippen LogP contribution in [0.2, 0.25) is 0 Å². The predicted molar refractivity (Wildman–Crippen MR) is 118 cm³/mol. The van der Waals surface area contributed by atoms with E-state index in [1.807, 2.05) is 74.5 Å². The number of alkyl carbamates (subject to hydrolysis) is 1. The van der Waals surface area contributed by atoms with Gasteiger partial charge in [-0.3, -0.25) is 4.79 Å². The largest absolute Gasteiger partial charge is 0.442 e. The minimum absolute atomic E-state index is 0.0823. The summed E-state index contributed by atoms with van der Waals surface area (Å²) in [6.45, 7) is 17.2. The fourth-order valence-electron chi connectivity index (χ4n) is 3.29. The highest BCUT2D eigenvalue weighted by molar-refractivity contribution is 5.77. The minimum atomic E-state index is -0.779. The van der Waals surface area contributed by atoms with Crippen molar-refractivity contribution in [1.29, 1.82) is 0 Å².